The van der Waals surface area contributed by atoms with Crippen molar-refractivity contribution in [2.24, 2.45) is 0 Å². The van der Waals surface area contributed by atoms with Crippen molar-refractivity contribution in [2.45, 2.75) is 40.8 Å². The van der Waals surface area contributed by atoms with E-state index in [1.807, 2.05) is 0 Å². The molecule has 0 heterocycles. The second kappa shape index (κ2) is 5.51. The molecule has 0 aliphatic heterocycles. The molecule has 0 saturated heterocycles. The maximum Gasteiger partial charge on any atom is 0.148 e. The number of ether oxygens (including phenoxy) is 1. The number of hydrogen-bond donors (Lipinski definition) is 1. The van der Waals surface area contributed by atoms with Crippen molar-refractivity contribution in [3.63, 3.8) is 0 Å². The van der Waals surface area contributed by atoms with Gasteiger partial charge in [-0.05, 0) is 26.3 Å². The number of rotatable bonds is 5. The fourth-order valence-electron chi connectivity index (χ4n) is 2.71. The van der Waals surface area contributed by atoms with Crippen LogP contribution < -0.4 is 4.98 Å². The smallest absolute Gasteiger partial charge is 0.148 e. The molecule has 1 aliphatic rings. The molecule has 3 heteroatoms. The molecule has 0 atom stereocenters. The average Bonchev–Trinajstić information content (AvgIpc) is 2.44. The van der Waals surface area contributed by atoms with Gasteiger partial charge < -0.3 is 9.72 Å². The van der Waals surface area contributed by atoms with Crippen molar-refractivity contribution in [3.05, 3.63) is 27.8 Å². The normalized spacial score (nSPS) is 18.5. The number of hydrogen-bond acceptors (Lipinski definition) is 2. The summed E-state index contributed by atoms with van der Waals surface area (Å²) in [7, 11) is 0.207. The van der Waals surface area contributed by atoms with Crippen molar-refractivity contribution < 1.29 is 4.74 Å². The van der Waals surface area contributed by atoms with Crippen LogP contribution in [0.1, 0.15) is 27.7 Å². The topological polar surface area (TPSA) is 21.3 Å². The molecule has 0 spiro atoms. The Morgan fingerprint density at radius 3 is 2.00 bits per heavy atom. The lowest BCUT2D eigenvalue weighted by Crippen LogP contribution is -2.49. The summed E-state index contributed by atoms with van der Waals surface area (Å²) < 4.78 is 5.12. The molecule has 1 aliphatic carbocycles. The molecule has 0 aromatic carbocycles. The zero-order valence-corrected chi connectivity index (χ0v) is 13.3. The Bertz CT molecular complexity index is 355. The third kappa shape index (κ3) is 2.90. The number of methoxy groups -OCH3 is 1. The lowest BCUT2D eigenvalue weighted by Gasteiger charge is -2.30. The SMILES string of the molecule is COCCN[Si](C)(C)C1=C(C)C(C)=C(C)[C]1C. The van der Waals surface area contributed by atoms with Crippen LogP contribution in [0, 0.1) is 5.92 Å². The van der Waals surface area contributed by atoms with Crippen molar-refractivity contribution in [3.8, 4) is 0 Å². The standard InChI is InChI=1S/C14H26NOSi/c1-10-11(2)13(4)14(12(10)3)17(6,7)15-8-9-16-5/h15H,8-9H2,1-7H3. The first-order chi connectivity index (χ1) is 7.83. The van der Waals surface area contributed by atoms with E-state index in [1.165, 1.54) is 22.6 Å². The molecule has 0 amide bonds. The molecule has 1 rings (SSSR count). The molecule has 0 bridgehead atoms. The molecule has 97 valence electrons. The third-order valence-electron chi connectivity index (χ3n) is 3.94. The molecule has 0 saturated carbocycles. The quantitative estimate of drug-likeness (QED) is 0.599. The summed E-state index contributed by atoms with van der Waals surface area (Å²) in [6, 6.07) is 0. The van der Waals surface area contributed by atoms with Crippen LogP contribution >= 0.6 is 0 Å². The van der Waals surface area contributed by atoms with Gasteiger partial charge in [-0.2, -0.15) is 0 Å². The van der Waals surface area contributed by atoms with Gasteiger partial charge in [0.1, 0.15) is 8.24 Å². The molecule has 1 N–H and O–H groups in total. The van der Waals surface area contributed by atoms with Crippen LogP contribution in [0.15, 0.2) is 21.9 Å². The summed E-state index contributed by atoms with van der Waals surface area (Å²) in [5.74, 6) is 1.49. The molecule has 0 aromatic rings. The minimum atomic E-state index is -1.55. The van der Waals surface area contributed by atoms with Crippen LogP contribution in [0.3, 0.4) is 0 Å². The highest BCUT2D eigenvalue weighted by molar-refractivity contribution is 6.83. The molecule has 17 heavy (non-hydrogen) atoms. The van der Waals surface area contributed by atoms with Gasteiger partial charge in [-0.15, -0.1) is 0 Å². The fraction of sp³-hybridized carbons (Fsp3) is 0.643. The lowest BCUT2D eigenvalue weighted by molar-refractivity contribution is 0.204. The lowest BCUT2D eigenvalue weighted by atomic mass is 10.1. The Balaban J connectivity index is 2.86. The minimum absolute atomic E-state index is 0.785. The van der Waals surface area contributed by atoms with E-state index in [0.29, 0.717) is 0 Å². The first-order valence-electron chi connectivity index (χ1n) is 6.30. The summed E-state index contributed by atoms with van der Waals surface area (Å²) in [4.78, 5) is 3.71. The van der Waals surface area contributed by atoms with Crippen LogP contribution in [0.4, 0.5) is 0 Å². The third-order valence-corrected chi connectivity index (χ3v) is 7.07. The minimum Gasteiger partial charge on any atom is -0.383 e. The first-order valence-corrected chi connectivity index (χ1v) is 9.30. The zero-order chi connectivity index (χ0) is 13.2. The maximum absolute atomic E-state index is 5.12. The second-order valence-electron chi connectivity index (χ2n) is 5.42. The van der Waals surface area contributed by atoms with E-state index in [4.69, 9.17) is 4.74 Å². The van der Waals surface area contributed by atoms with Crippen molar-refractivity contribution >= 4 is 8.24 Å². The molecular formula is C14H26NOSi. The van der Waals surface area contributed by atoms with Crippen molar-refractivity contribution in [1.82, 2.24) is 4.98 Å². The molecular weight excluding hydrogens is 226 g/mol. The van der Waals surface area contributed by atoms with E-state index in [-0.39, 0.29) is 0 Å². The van der Waals surface area contributed by atoms with Crippen molar-refractivity contribution in [1.29, 1.82) is 0 Å². The molecule has 1 radical (unpaired) electrons. The highest BCUT2D eigenvalue weighted by Crippen LogP contribution is 2.41. The highest BCUT2D eigenvalue weighted by Gasteiger charge is 2.36. The van der Waals surface area contributed by atoms with E-state index in [2.05, 4.69) is 45.8 Å². The zero-order valence-electron chi connectivity index (χ0n) is 12.3. The maximum atomic E-state index is 5.12. The molecule has 2 nitrogen and oxygen atoms in total. The predicted octanol–water partition coefficient (Wildman–Crippen LogP) is 3.23. The van der Waals surface area contributed by atoms with Crippen LogP contribution in [0.2, 0.25) is 13.1 Å². The number of nitrogens with one attached hydrogen (secondary N) is 1. The van der Waals surface area contributed by atoms with Gasteiger partial charge in [0.15, 0.2) is 0 Å². The summed E-state index contributed by atoms with van der Waals surface area (Å²) in [5, 5.41) is 1.59. The van der Waals surface area contributed by atoms with Gasteiger partial charge >= 0.3 is 0 Å². The van der Waals surface area contributed by atoms with Crippen LogP contribution in [-0.4, -0.2) is 28.5 Å². The first kappa shape index (κ1) is 14.7. The summed E-state index contributed by atoms with van der Waals surface area (Å²) in [6.07, 6.45) is 0. The van der Waals surface area contributed by atoms with Crippen molar-refractivity contribution in [2.75, 3.05) is 20.3 Å². The fourth-order valence-corrected chi connectivity index (χ4v) is 5.86. The molecule has 0 aromatic heterocycles. The Kier molecular flexibility index (Phi) is 4.75. The van der Waals surface area contributed by atoms with Crippen LogP contribution in [0.5, 0.6) is 0 Å². The van der Waals surface area contributed by atoms with Gasteiger partial charge in [0.2, 0.25) is 0 Å². The van der Waals surface area contributed by atoms with Gasteiger partial charge in [0, 0.05) is 19.6 Å². The summed E-state index contributed by atoms with van der Waals surface area (Å²) >= 11 is 0. The highest BCUT2D eigenvalue weighted by atomic mass is 28.3. The van der Waals surface area contributed by atoms with Crippen LogP contribution in [-0.2, 0) is 4.74 Å². The molecule has 0 unspecified atom stereocenters. The van der Waals surface area contributed by atoms with Crippen LogP contribution in [0.25, 0.3) is 0 Å². The largest absolute Gasteiger partial charge is 0.383 e. The second-order valence-corrected chi connectivity index (χ2v) is 9.52. The van der Waals surface area contributed by atoms with Gasteiger partial charge in [0.05, 0.1) is 6.61 Å². The average molecular weight is 252 g/mol. The molecule has 0 fully saturated rings. The van der Waals surface area contributed by atoms with E-state index in [0.717, 1.165) is 13.2 Å². The Labute approximate surface area is 107 Å². The Morgan fingerprint density at radius 2 is 1.59 bits per heavy atom. The van der Waals surface area contributed by atoms with E-state index in [9.17, 15) is 0 Å². The Morgan fingerprint density at radius 1 is 1.00 bits per heavy atom. The summed E-state index contributed by atoms with van der Waals surface area (Å²) in [6.45, 7) is 15.5. The number of allylic oxidation sites excluding steroid dienone is 4. The van der Waals surface area contributed by atoms with Gasteiger partial charge in [0.25, 0.3) is 0 Å². The van der Waals surface area contributed by atoms with E-state index >= 15 is 0 Å². The van der Waals surface area contributed by atoms with Gasteiger partial charge in [-0.3, -0.25) is 0 Å². The van der Waals surface area contributed by atoms with E-state index < -0.39 is 8.24 Å². The monoisotopic (exact) mass is 252 g/mol. The summed E-state index contributed by atoms with van der Waals surface area (Å²) in [5.41, 5.74) is 4.42. The van der Waals surface area contributed by atoms with Gasteiger partial charge in [-0.1, -0.05) is 36.4 Å². The Hall–Kier alpha value is -0.383. The predicted molar refractivity (Wildman–Crippen MR) is 77.4 cm³/mol. The van der Waals surface area contributed by atoms with Gasteiger partial charge in [-0.25, -0.2) is 0 Å². The van der Waals surface area contributed by atoms with E-state index in [1.54, 1.807) is 12.3 Å².